The van der Waals surface area contributed by atoms with E-state index >= 15 is 0 Å². The minimum Gasteiger partial charge on any atom is -0.254 e. The average molecular weight is 252 g/mol. The van der Waals surface area contributed by atoms with Gasteiger partial charge in [0, 0.05) is 4.90 Å². The molecule has 0 N–H and O–H groups in total. The summed E-state index contributed by atoms with van der Waals surface area (Å²) in [6.45, 7) is 0. The van der Waals surface area contributed by atoms with Crippen molar-refractivity contribution in [3.05, 3.63) is 65.7 Å². The smallest absolute Gasteiger partial charge is 0.123 e. The lowest BCUT2D eigenvalue weighted by atomic mass is 10.2. The molecule has 0 saturated carbocycles. The maximum Gasteiger partial charge on any atom is 0.123 e. The third kappa shape index (κ3) is 3.20. The van der Waals surface area contributed by atoms with Crippen molar-refractivity contribution in [2.75, 3.05) is 0 Å². The second-order valence-electron chi connectivity index (χ2n) is 3.57. The van der Waals surface area contributed by atoms with Gasteiger partial charge in [-0.25, -0.2) is 8.78 Å². The van der Waals surface area contributed by atoms with Crippen LogP contribution in [0.4, 0.5) is 8.78 Å². The first kappa shape index (κ1) is 11.9. The van der Waals surface area contributed by atoms with E-state index in [4.69, 9.17) is 0 Å². The molecule has 1 unspecified atom stereocenters. The molecule has 1 nitrogen and oxygen atoms in total. The first-order chi connectivity index (χ1) is 8.15. The highest BCUT2D eigenvalue weighted by atomic mass is 32.2. The molecule has 0 saturated heterocycles. The van der Waals surface area contributed by atoms with Crippen molar-refractivity contribution < 1.29 is 13.0 Å². The summed E-state index contributed by atoms with van der Waals surface area (Å²) in [4.78, 5) is 0.565. The highest BCUT2D eigenvalue weighted by Gasteiger charge is 2.05. The van der Waals surface area contributed by atoms with E-state index < -0.39 is 10.8 Å². The molecule has 2 aromatic carbocycles. The van der Waals surface area contributed by atoms with Gasteiger partial charge in [-0.2, -0.15) is 0 Å². The van der Waals surface area contributed by atoms with Gasteiger partial charge in [-0.05, 0) is 42.0 Å². The maximum absolute atomic E-state index is 12.7. The van der Waals surface area contributed by atoms with Gasteiger partial charge in [0.2, 0.25) is 0 Å². The normalized spacial score (nSPS) is 12.4. The standard InChI is InChI=1S/C13H10F2OS/c14-11-3-1-10(2-4-11)9-17(16)13-7-5-12(15)6-8-13/h1-8H,9H2. The third-order valence-electron chi connectivity index (χ3n) is 2.29. The minimum atomic E-state index is -1.24. The minimum absolute atomic E-state index is 0.298. The predicted octanol–water partition coefficient (Wildman–Crippen LogP) is 3.27. The summed E-state index contributed by atoms with van der Waals surface area (Å²) in [6, 6.07) is 11.4. The molecule has 4 heteroatoms. The molecule has 0 aromatic heterocycles. The molecular formula is C13H10F2OS. The van der Waals surface area contributed by atoms with E-state index in [9.17, 15) is 13.0 Å². The Morgan fingerprint density at radius 2 is 1.29 bits per heavy atom. The van der Waals surface area contributed by atoms with E-state index in [-0.39, 0.29) is 11.6 Å². The lowest BCUT2D eigenvalue weighted by Crippen LogP contribution is -1.96. The average Bonchev–Trinajstić information content (AvgIpc) is 2.33. The zero-order valence-corrected chi connectivity index (χ0v) is 9.71. The second-order valence-corrected chi connectivity index (χ2v) is 5.02. The molecule has 0 fully saturated rings. The van der Waals surface area contributed by atoms with Crippen LogP contribution in [0, 0.1) is 11.6 Å². The number of halogens is 2. The maximum atomic E-state index is 12.7. The molecular weight excluding hydrogens is 242 g/mol. The monoisotopic (exact) mass is 252 g/mol. The summed E-state index contributed by atoms with van der Waals surface area (Å²) in [5.41, 5.74) is 0.786. The fraction of sp³-hybridized carbons (Fsp3) is 0.0769. The van der Waals surface area contributed by atoms with Crippen LogP contribution in [0.25, 0.3) is 0 Å². The summed E-state index contributed by atoms with van der Waals surface area (Å²) >= 11 is 0. The zero-order chi connectivity index (χ0) is 12.3. The summed E-state index contributed by atoms with van der Waals surface area (Å²) < 4.78 is 37.3. The predicted molar refractivity (Wildman–Crippen MR) is 62.9 cm³/mol. The van der Waals surface area contributed by atoms with Crippen LogP contribution in [0.1, 0.15) is 5.56 Å². The van der Waals surface area contributed by atoms with Crippen molar-refractivity contribution in [1.82, 2.24) is 0 Å². The number of rotatable bonds is 3. The van der Waals surface area contributed by atoms with Crippen molar-refractivity contribution in [3.8, 4) is 0 Å². The van der Waals surface area contributed by atoms with Crippen molar-refractivity contribution in [2.45, 2.75) is 10.6 Å². The Labute approximate surface area is 101 Å². The molecule has 0 radical (unpaired) electrons. The highest BCUT2D eigenvalue weighted by Crippen LogP contribution is 2.13. The van der Waals surface area contributed by atoms with Crippen molar-refractivity contribution >= 4 is 10.8 Å². The lowest BCUT2D eigenvalue weighted by molar-refractivity contribution is 0.625. The van der Waals surface area contributed by atoms with E-state index in [0.717, 1.165) is 5.56 Å². The van der Waals surface area contributed by atoms with E-state index in [1.54, 1.807) is 12.1 Å². The van der Waals surface area contributed by atoms with Crippen molar-refractivity contribution in [2.24, 2.45) is 0 Å². The van der Waals surface area contributed by atoms with Crippen LogP contribution in [-0.2, 0) is 16.6 Å². The molecule has 0 amide bonds. The second kappa shape index (κ2) is 5.19. The fourth-order valence-corrected chi connectivity index (χ4v) is 2.50. The van der Waals surface area contributed by atoms with Crippen LogP contribution in [0.15, 0.2) is 53.4 Å². The third-order valence-corrected chi connectivity index (χ3v) is 3.68. The summed E-state index contributed by atoms with van der Waals surface area (Å²) in [6.07, 6.45) is 0. The summed E-state index contributed by atoms with van der Waals surface area (Å²) in [5.74, 6) is -0.375. The van der Waals surface area contributed by atoms with Crippen LogP contribution >= 0.6 is 0 Å². The van der Waals surface area contributed by atoms with E-state index in [1.807, 2.05) is 0 Å². The molecule has 0 heterocycles. The summed E-state index contributed by atoms with van der Waals surface area (Å²) in [7, 11) is -1.24. The Kier molecular flexibility index (Phi) is 3.64. The van der Waals surface area contributed by atoms with E-state index in [1.165, 1.54) is 36.4 Å². The lowest BCUT2D eigenvalue weighted by Gasteiger charge is -2.02. The quantitative estimate of drug-likeness (QED) is 0.819. The number of hydrogen-bond donors (Lipinski definition) is 0. The van der Waals surface area contributed by atoms with Gasteiger partial charge in [0.1, 0.15) is 11.6 Å². The molecule has 0 aliphatic rings. The van der Waals surface area contributed by atoms with Gasteiger partial charge in [-0.1, -0.05) is 12.1 Å². The number of benzene rings is 2. The Morgan fingerprint density at radius 3 is 1.82 bits per heavy atom. The largest absolute Gasteiger partial charge is 0.254 e. The molecule has 0 spiro atoms. The van der Waals surface area contributed by atoms with Crippen LogP contribution in [0.5, 0.6) is 0 Å². The molecule has 88 valence electrons. The van der Waals surface area contributed by atoms with Crippen molar-refractivity contribution in [3.63, 3.8) is 0 Å². The van der Waals surface area contributed by atoms with Crippen molar-refractivity contribution in [1.29, 1.82) is 0 Å². The Bertz CT molecular complexity index is 520. The first-order valence-corrected chi connectivity index (χ1v) is 6.35. The van der Waals surface area contributed by atoms with Gasteiger partial charge in [-0.15, -0.1) is 0 Å². The summed E-state index contributed by atoms with van der Waals surface area (Å²) in [5, 5.41) is 0. The first-order valence-electron chi connectivity index (χ1n) is 5.03. The van der Waals surface area contributed by atoms with Gasteiger partial charge in [0.05, 0.1) is 16.6 Å². The van der Waals surface area contributed by atoms with Crippen LogP contribution in [-0.4, -0.2) is 4.21 Å². The van der Waals surface area contributed by atoms with Gasteiger partial charge in [-0.3, -0.25) is 4.21 Å². The van der Waals surface area contributed by atoms with Gasteiger partial charge < -0.3 is 0 Å². The number of hydrogen-bond acceptors (Lipinski definition) is 1. The van der Waals surface area contributed by atoms with Crippen LogP contribution < -0.4 is 0 Å². The molecule has 2 rings (SSSR count). The Hall–Kier alpha value is -1.55. The van der Waals surface area contributed by atoms with Gasteiger partial charge in [0.15, 0.2) is 0 Å². The highest BCUT2D eigenvalue weighted by molar-refractivity contribution is 7.84. The van der Waals surface area contributed by atoms with E-state index in [2.05, 4.69) is 0 Å². The Balaban J connectivity index is 2.11. The van der Waals surface area contributed by atoms with Crippen LogP contribution in [0.2, 0.25) is 0 Å². The SMILES string of the molecule is O=S(Cc1ccc(F)cc1)c1ccc(F)cc1. The topological polar surface area (TPSA) is 17.1 Å². The molecule has 0 bridgehead atoms. The molecule has 0 aliphatic carbocycles. The van der Waals surface area contributed by atoms with E-state index in [0.29, 0.717) is 10.6 Å². The fourth-order valence-electron chi connectivity index (χ4n) is 1.40. The zero-order valence-electron chi connectivity index (χ0n) is 8.90. The molecule has 0 aliphatic heterocycles. The van der Waals surface area contributed by atoms with Gasteiger partial charge >= 0.3 is 0 Å². The van der Waals surface area contributed by atoms with Crippen LogP contribution in [0.3, 0.4) is 0 Å². The molecule has 2 aromatic rings. The van der Waals surface area contributed by atoms with Gasteiger partial charge in [0.25, 0.3) is 0 Å². The molecule has 17 heavy (non-hydrogen) atoms. The molecule has 1 atom stereocenters. The Morgan fingerprint density at radius 1 is 0.824 bits per heavy atom.